The second-order valence-electron chi connectivity index (χ2n) is 7.41. The highest BCUT2D eigenvalue weighted by Gasteiger charge is 2.36. The molecule has 7 heteroatoms. The number of rotatable bonds is 3. The highest BCUT2D eigenvalue weighted by Crippen LogP contribution is 2.32. The van der Waals surface area contributed by atoms with E-state index in [1.165, 1.54) is 4.90 Å². The van der Waals surface area contributed by atoms with Crippen molar-refractivity contribution in [1.82, 2.24) is 19.7 Å². The smallest absolute Gasteiger partial charge is 0.331 e. The van der Waals surface area contributed by atoms with Crippen LogP contribution in [0.4, 0.5) is 0 Å². The van der Waals surface area contributed by atoms with Gasteiger partial charge < -0.3 is 10.0 Å². The first-order valence-corrected chi connectivity index (χ1v) is 9.35. The van der Waals surface area contributed by atoms with Crippen LogP contribution < -0.4 is 0 Å². The molecule has 0 bridgehead atoms. The van der Waals surface area contributed by atoms with E-state index in [4.69, 9.17) is 0 Å². The molecule has 1 unspecified atom stereocenters. The van der Waals surface area contributed by atoms with Gasteiger partial charge in [-0.05, 0) is 44.4 Å². The van der Waals surface area contributed by atoms with E-state index in [1.807, 2.05) is 36.7 Å². The fourth-order valence-electron chi connectivity index (χ4n) is 3.87. The lowest BCUT2D eigenvalue weighted by atomic mass is 9.92. The summed E-state index contributed by atoms with van der Waals surface area (Å²) in [5.74, 6) is -1.34. The van der Waals surface area contributed by atoms with Gasteiger partial charge in [-0.2, -0.15) is 5.10 Å². The summed E-state index contributed by atoms with van der Waals surface area (Å²) >= 11 is 0. The molecule has 0 saturated heterocycles. The molecule has 0 saturated carbocycles. The first-order chi connectivity index (χ1) is 13.4. The van der Waals surface area contributed by atoms with Crippen LogP contribution in [0.1, 0.15) is 53.1 Å². The third-order valence-corrected chi connectivity index (χ3v) is 5.26. The Balaban J connectivity index is 1.77. The van der Waals surface area contributed by atoms with E-state index in [1.54, 1.807) is 25.3 Å². The highest BCUT2D eigenvalue weighted by molar-refractivity contribution is 6.00. The molecule has 144 valence electrons. The summed E-state index contributed by atoms with van der Waals surface area (Å²) in [6.07, 6.45) is 2.32. The van der Waals surface area contributed by atoms with Gasteiger partial charge in [-0.1, -0.05) is 24.3 Å². The van der Waals surface area contributed by atoms with Crippen LogP contribution in [-0.4, -0.2) is 43.2 Å². The topological polar surface area (TPSA) is 88.3 Å². The molecule has 2 aromatic heterocycles. The minimum Gasteiger partial charge on any atom is -0.479 e. The first kappa shape index (κ1) is 18.2. The van der Waals surface area contributed by atoms with E-state index in [9.17, 15) is 14.7 Å². The number of aromatic nitrogens is 3. The summed E-state index contributed by atoms with van der Waals surface area (Å²) in [6, 6.07) is 8.34. The average Bonchev–Trinajstić information content (AvgIpc) is 3.08. The lowest BCUT2D eigenvalue weighted by Crippen LogP contribution is -2.43. The van der Waals surface area contributed by atoms with Crippen molar-refractivity contribution in [3.05, 3.63) is 58.9 Å². The minimum absolute atomic E-state index is 0.154. The number of amides is 1. The molecule has 1 aliphatic rings. The van der Waals surface area contributed by atoms with Crippen LogP contribution in [0.15, 0.2) is 36.5 Å². The molecular formula is C21H22N4O3. The molecule has 0 aliphatic carbocycles. The number of nitrogens with zero attached hydrogens (tertiary/aromatic N) is 4. The predicted molar refractivity (Wildman–Crippen MR) is 104 cm³/mol. The monoisotopic (exact) mass is 378 g/mol. The average molecular weight is 378 g/mol. The van der Waals surface area contributed by atoms with Crippen molar-refractivity contribution >= 4 is 22.9 Å². The number of benzene rings is 1. The number of pyridine rings is 1. The third-order valence-electron chi connectivity index (χ3n) is 5.26. The Morgan fingerprint density at radius 3 is 2.71 bits per heavy atom. The third kappa shape index (κ3) is 2.83. The molecule has 1 atom stereocenters. The first-order valence-electron chi connectivity index (χ1n) is 9.35. The fraction of sp³-hybridized carbons (Fsp3) is 0.333. The number of carboxylic acids is 1. The number of aryl methyl sites for hydroxylation is 1. The normalized spacial score (nSPS) is 16.4. The van der Waals surface area contributed by atoms with Crippen LogP contribution in [0, 0.1) is 6.92 Å². The van der Waals surface area contributed by atoms with Gasteiger partial charge in [-0.3, -0.25) is 4.79 Å². The molecule has 28 heavy (non-hydrogen) atoms. The molecule has 7 nitrogen and oxygen atoms in total. The van der Waals surface area contributed by atoms with E-state index in [0.717, 1.165) is 16.6 Å². The summed E-state index contributed by atoms with van der Waals surface area (Å²) in [4.78, 5) is 31.4. The van der Waals surface area contributed by atoms with Crippen LogP contribution in [0.3, 0.4) is 0 Å². The van der Waals surface area contributed by atoms with Crippen LogP contribution in [-0.2, 0) is 11.2 Å². The summed E-state index contributed by atoms with van der Waals surface area (Å²) in [5.41, 5.74) is 3.36. The van der Waals surface area contributed by atoms with Crippen molar-refractivity contribution in [2.45, 2.75) is 39.3 Å². The van der Waals surface area contributed by atoms with Crippen molar-refractivity contribution in [2.75, 3.05) is 6.54 Å². The maximum Gasteiger partial charge on any atom is 0.331 e. The molecule has 3 aromatic rings. The Morgan fingerprint density at radius 1 is 1.25 bits per heavy atom. The van der Waals surface area contributed by atoms with E-state index in [2.05, 4.69) is 10.1 Å². The molecule has 0 fully saturated rings. The van der Waals surface area contributed by atoms with Crippen LogP contribution in [0.2, 0.25) is 0 Å². The van der Waals surface area contributed by atoms with E-state index in [-0.39, 0.29) is 11.9 Å². The zero-order valence-electron chi connectivity index (χ0n) is 16.1. The zero-order valence-corrected chi connectivity index (χ0v) is 16.1. The van der Waals surface area contributed by atoms with E-state index < -0.39 is 12.0 Å². The number of carbonyl (C=O) groups is 2. The van der Waals surface area contributed by atoms with Gasteiger partial charge in [0.05, 0.1) is 17.5 Å². The number of carboxylic acid groups (broad SMARTS) is 1. The minimum atomic E-state index is -1.03. The number of aliphatic carboxylic acids is 1. The standard InChI is InChI=1S/C21H22N4O3/c1-12(2)25-19-15(11-22-25)10-17(13(3)23-19)20(26)24-9-8-14-6-4-5-7-16(14)18(24)21(27)28/h4-7,10-12,18H,8-9H2,1-3H3,(H,27,28). The SMILES string of the molecule is Cc1nc2c(cnn2C(C)C)cc1C(=O)N1CCc2ccccc2C1C(=O)O. The zero-order chi connectivity index (χ0) is 20.0. The molecule has 1 amide bonds. The molecule has 4 rings (SSSR count). The van der Waals surface area contributed by atoms with Crippen LogP contribution in [0.25, 0.3) is 11.0 Å². The molecular weight excluding hydrogens is 356 g/mol. The highest BCUT2D eigenvalue weighted by atomic mass is 16.4. The Bertz CT molecular complexity index is 1090. The Kier molecular flexibility index (Phi) is 4.37. The van der Waals surface area contributed by atoms with Gasteiger partial charge in [0.15, 0.2) is 11.7 Å². The van der Waals surface area contributed by atoms with E-state index in [0.29, 0.717) is 29.8 Å². The van der Waals surface area contributed by atoms with Crippen molar-refractivity contribution in [3.8, 4) is 0 Å². The number of hydrogen-bond donors (Lipinski definition) is 1. The van der Waals surface area contributed by atoms with Gasteiger partial charge in [0, 0.05) is 18.0 Å². The van der Waals surface area contributed by atoms with Crippen LogP contribution in [0.5, 0.6) is 0 Å². The maximum absolute atomic E-state index is 13.3. The summed E-state index contributed by atoms with van der Waals surface area (Å²) in [5, 5.41) is 15.0. The number of fused-ring (bicyclic) bond motifs is 2. The van der Waals surface area contributed by atoms with Gasteiger partial charge >= 0.3 is 5.97 Å². The molecule has 0 radical (unpaired) electrons. The van der Waals surface area contributed by atoms with Crippen molar-refractivity contribution in [1.29, 1.82) is 0 Å². The van der Waals surface area contributed by atoms with E-state index >= 15 is 0 Å². The van der Waals surface area contributed by atoms with Crippen molar-refractivity contribution < 1.29 is 14.7 Å². The Labute approximate surface area is 162 Å². The van der Waals surface area contributed by atoms with Gasteiger partial charge in [0.25, 0.3) is 5.91 Å². The summed E-state index contributed by atoms with van der Waals surface area (Å²) < 4.78 is 1.81. The molecule has 1 aliphatic heterocycles. The largest absolute Gasteiger partial charge is 0.479 e. The van der Waals surface area contributed by atoms with Crippen molar-refractivity contribution in [2.24, 2.45) is 0 Å². The van der Waals surface area contributed by atoms with Gasteiger partial charge in [-0.15, -0.1) is 0 Å². The van der Waals surface area contributed by atoms with Gasteiger partial charge in [-0.25, -0.2) is 14.5 Å². The second-order valence-corrected chi connectivity index (χ2v) is 7.41. The quantitative estimate of drug-likeness (QED) is 0.756. The molecule has 3 heterocycles. The molecule has 0 spiro atoms. The van der Waals surface area contributed by atoms with Gasteiger partial charge in [0.2, 0.25) is 0 Å². The maximum atomic E-state index is 13.3. The molecule has 1 aromatic carbocycles. The summed E-state index contributed by atoms with van der Waals surface area (Å²) in [6.45, 7) is 6.17. The lowest BCUT2D eigenvalue weighted by molar-refractivity contribution is -0.143. The van der Waals surface area contributed by atoms with Crippen molar-refractivity contribution in [3.63, 3.8) is 0 Å². The number of hydrogen-bond acceptors (Lipinski definition) is 4. The second kappa shape index (κ2) is 6.74. The Morgan fingerprint density at radius 2 is 2.00 bits per heavy atom. The predicted octanol–water partition coefficient (Wildman–Crippen LogP) is 3.14. The fourth-order valence-corrected chi connectivity index (χ4v) is 3.87. The van der Waals surface area contributed by atoms with Crippen LogP contribution >= 0.6 is 0 Å². The Hall–Kier alpha value is -3.22. The molecule has 1 N–H and O–H groups in total. The lowest BCUT2D eigenvalue weighted by Gasteiger charge is -2.35. The summed E-state index contributed by atoms with van der Waals surface area (Å²) in [7, 11) is 0. The van der Waals surface area contributed by atoms with Gasteiger partial charge in [0.1, 0.15) is 0 Å². The number of carbonyl (C=O) groups excluding carboxylic acids is 1.